The van der Waals surface area contributed by atoms with Crippen molar-refractivity contribution in [3.63, 3.8) is 0 Å². The van der Waals surface area contributed by atoms with Gasteiger partial charge in [0.1, 0.15) is 17.8 Å². The Labute approximate surface area is 209 Å². The molecule has 3 rings (SSSR count). The minimum absolute atomic E-state index is 0.0235. The number of ether oxygens (including phenoxy) is 3. The molecule has 35 heavy (non-hydrogen) atoms. The minimum atomic E-state index is 0.0235. The van der Waals surface area contributed by atoms with Crippen LogP contribution in [-0.2, 0) is 19.7 Å². The molecule has 0 atom stereocenters. The fourth-order valence-corrected chi connectivity index (χ4v) is 2.59. The highest BCUT2D eigenvalue weighted by atomic mass is 16.7. The van der Waals surface area contributed by atoms with Gasteiger partial charge in [0.15, 0.2) is 5.76 Å². The van der Waals surface area contributed by atoms with Crippen molar-refractivity contribution < 1.29 is 19.0 Å². The van der Waals surface area contributed by atoms with Gasteiger partial charge in [0.25, 0.3) is 0 Å². The van der Waals surface area contributed by atoms with Crippen molar-refractivity contribution in [1.29, 1.82) is 0 Å². The van der Waals surface area contributed by atoms with E-state index in [4.69, 9.17) is 19.3 Å². The molecule has 0 radical (unpaired) electrons. The van der Waals surface area contributed by atoms with Crippen molar-refractivity contribution in [2.75, 3.05) is 32.8 Å². The van der Waals surface area contributed by atoms with E-state index in [-0.39, 0.29) is 11.3 Å². The van der Waals surface area contributed by atoms with Gasteiger partial charge in [-0.15, -0.1) is 0 Å². The van der Waals surface area contributed by atoms with Crippen LogP contribution in [0.2, 0.25) is 0 Å². The molecule has 1 aromatic heterocycles. The lowest BCUT2D eigenvalue weighted by Crippen LogP contribution is -2.21. The molecule has 1 aromatic carbocycles. The number of hydrogen-bond donors (Lipinski definition) is 2. The monoisotopic (exact) mass is 484 g/mol. The van der Waals surface area contributed by atoms with Crippen LogP contribution in [0, 0.1) is 0 Å². The number of rotatable bonds is 6. The molecule has 1 aliphatic heterocycles. The highest BCUT2D eigenvalue weighted by molar-refractivity contribution is 5.73. The van der Waals surface area contributed by atoms with Crippen molar-refractivity contribution >= 4 is 11.7 Å². The minimum Gasteiger partial charge on any atom is -0.497 e. The van der Waals surface area contributed by atoms with Gasteiger partial charge in [-0.2, -0.15) is 5.10 Å². The summed E-state index contributed by atoms with van der Waals surface area (Å²) in [5.74, 6) is 2.53. The lowest BCUT2D eigenvalue weighted by Gasteiger charge is -2.14. The Balaban J connectivity index is 0.000000316. The van der Waals surface area contributed by atoms with Crippen LogP contribution in [0.15, 0.2) is 66.7 Å². The molecule has 2 heterocycles. The van der Waals surface area contributed by atoms with E-state index in [2.05, 4.69) is 44.1 Å². The smallest absolute Gasteiger partial charge is 0.230 e. The first-order valence-electron chi connectivity index (χ1n) is 11.4. The van der Waals surface area contributed by atoms with Crippen molar-refractivity contribution in [2.24, 2.45) is 0 Å². The Morgan fingerprint density at radius 1 is 1.29 bits per heavy atom. The fraction of sp³-hybridized carbons (Fsp3) is 0.407. The van der Waals surface area contributed by atoms with Crippen LogP contribution in [0.5, 0.6) is 5.75 Å². The number of allylic oxidation sites excluding steroid dienone is 2. The predicted octanol–water partition coefficient (Wildman–Crippen LogP) is 5.33. The molecule has 2 N–H and O–H groups in total. The molecule has 8 heteroatoms. The third-order valence-electron chi connectivity index (χ3n) is 4.84. The predicted molar refractivity (Wildman–Crippen MR) is 142 cm³/mol. The maximum absolute atomic E-state index is 10.3. The van der Waals surface area contributed by atoms with E-state index < -0.39 is 0 Å². The molecule has 0 saturated heterocycles. The first-order chi connectivity index (χ1) is 16.5. The highest BCUT2D eigenvalue weighted by Crippen LogP contribution is 2.27. The molecular formula is C27H40N4O4. The molecule has 0 saturated carbocycles. The molecule has 1 aliphatic rings. The number of nitrogens with one attached hydrogen (secondary N) is 2. The van der Waals surface area contributed by atoms with E-state index in [1.54, 1.807) is 13.2 Å². The zero-order valence-corrected chi connectivity index (χ0v) is 22.3. The third-order valence-corrected chi connectivity index (χ3v) is 4.84. The SMILES string of the molecule is C/C=C(\C)CNC(C)=O.C=CC1=COCO1.CNc1cc(C(C)(C)C)nn1-c1cccc(OC)c1. The van der Waals surface area contributed by atoms with E-state index >= 15 is 0 Å². The van der Waals surface area contributed by atoms with Crippen molar-refractivity contribution in [3.05, 3.63) is 72.4 Å². The number of anilines is 1. The highest BCUT2D eigenvalue weighted by Gasteiger charge is 2.20. The lowest BCUT2D eigenvalue weighted by atomic mass is 9.92. The van der Waals surface area contributed by atoms with Gasteiger partial charge in [-0.3, -0.25) is 4.79 Å². The molecule has 0 spiro atoms. The Morgan fingerprint density at radius 2 is 2.00 bits per heavy atom. The van der Waals surface area contributed by atoms with Gasteiger partial charge in [0.05, 0.1) is 18.5 Å². The van der Waals surface area contributed by atoms with E-state index in [1.807, 2.05) is 55.9 Å². The van der Waals surface area contributed by atoms with Crippen LogP contribution in [-0.4, -0.2) is 43.2 Å². The summed E-state index contributed by atoms with van der Waals surface area (Å²) in [6, 6.07) is 9.96. The average Bonchev–Trinajstić information content (AvgIpc) is 3.53. The zero-order valence-electron chi connectivity index (χ0n) is 22.3. The quantitative estimate of drug-likeness (QED) is 0.539. The van der Waals surface area contributed by atoms with Crippen molar-refractivity contribution in [1.82, 2.24) is 15.1 Å². The normalized spacial score (nSPS) is 12.5. The second-order valence-corrected chi connectivity index (χ2v) is 8.73. The fourth-order valence-electron chi connectivity index (χ4n) is 2.59. The average molecular weight is 485 g/mol. The molecule has 0 bridgehead atoms. The van der Waals surface area contributed by atoms with Gasteiger partial charge in [-0.25, -0.2) is 4.68 Å². The van der Waals surface area contributed by atoms with Gasteiger partial charge in [-0.05, 0) is 32.1 Å². The van der Waals surface area contributed by atoms with Crippen LogP contribution < -0.4 is 15.4 Å². The van der Waals surface area contributed by atoms with E-state index in [0.717, 1.165) is 22.9 Å². The molecule has 2 aromatic rings. The number of carbonyl (C=O) groups excluding carboxylic acids is 1. The summed E-state index contributed by atoms with van der Waals surface area (Å²) in [6.07, 6.45) is 5.12. The molecule has 0 fully saturated rings. The Kier molecular flexibility index (Phi) is 12.2. The number of carbonyl (C=O) groups is 1. The number of benzene rings is 1. The van der Waals surface area contributed by atoms with Crippen LogP contribution in [0.4, 0.5) is 5.82 Å². The van der Waals surface area contributed by atoms with Gasteiger partial charge in [0, 0.05) is 38.1 Å². The Morgan fingerprint density at radius 3 is 2.46 bits per heavy atom. The molecule has 8 nitrogen and oxygen atoms in total. The maximum Gasteiger partial charge on any atom is 0.230 e. The summed E-state index contributed by atoms with van der Waals surface area (Å²) in [5, 5.41) is 10.6. The summed E-state index contributed by atoms with van der Waals surface area (Å²) in [4.78, 5) is 10.3. The summed E-state index contributed by atoms with van der Waals surface area (Å²) >= 11 is 0. The molecule has 1 amide bonds. The molecule has 0 unspecified atom stereocenters. The summed E-state index contributed by atoms with van der Waals surface area (Å²) in [5.41, 5.74) is 3.25. The number of aromatic nitrogens is 2. The second kappa shape index (κ2) is 14.6. The zero-order chi connectivity index (χ0) is 26.4. The lowest BCUT2D eigenvalue weighted by molar-refractivity contribution is -0.118. The van der Waals surface area contributed by atoms with Gasteiger partial charge in [0.2, 0.25) is 12.7 Å². The first-order valence-corrected chi connectivity index (χ1v) is 11.4. The van der Waals surface area contributed by atoms with E-state index in [9.17, 15) is 4.79 Å². The number of nitrogens with zero attached hydrogens (tertiary/aromatic N) is 2. The van der Waals surface area contributed by atoms with Crippen LogP contribution >= 0.6 is 0 Å². The topological polar surface area (TPSA) is 86.6 Å². The number of methoxy groups -OCH3 is 1. The van der Waals surface area contributed by atoms with Gasteiger partial charge in [-0.1, -0.05) is 45.1 Å². The Bertz CT molecular complexity index is 1020. The summed E-state index contributed by atoms with van der Waals surface area (Å²) in [6.45, 7) is 16.4. The van der Waals surface area contributed by atoms with Crippen LogP contribution in [0.25, 0.3) is 5.69 Å². The van der Waals surface area contributed by atoms with Gasteiger partial charge < -0.3 is 24.8 Å². The number of amides is 1. The van der Waals surface area contributed by atoms with Gasteiger partial charge >= 0.3 is 0 Å². The molecule has 192 valence electrons. The van der Waals surface area contributed by atoms with E-state index in [1.165, 1.54) is 18.8 Å². The summed E-state index contributed by atoms with van der Waals surface area (Å²) in [7, 11) is 3.57. The number of hydrogen-bond acceptors (Lipinski definition) is 6. The Hall–Kier alpha value is -3.68. The molecule has 0 aliphatic carbocycles. The second-order valence-electron chi connectivity index (χ2n) is 8.73. The summed E-state index contributed by atoms with van der Waals surface area (Å²) < 4.78 is 16.7. The standard InChI is InChI=1S/C15H21N3O.C7H13NO.C5H6O2/c1-15(2,3)13-10-14(16-4)18(17-13)11-7-6-8-12(9-11)19-5;1-4-6(2)5-8-7(3)9;1-2-5-3-6-4-7-5/h6-10,16H,1-5H3;4H,5H2,1-3H3,(H,8,9);2-3H,1,4H2/b;6-4+;. The van der Waals surface area contributed by atoms with Crippen molar-refractivity contribution in [3.8, 4) is 11.4 Å². The van der Waals surface area contributed by atoms with E-state index in [0.29, 0.717) is 19.1 Å². The largest absolute Gasteiger partial charge is 0.497 e. The first kappa shape index (κ1) is 29.4. The third kappa shape index (κ3) is 10.4. The van der Waals surface area contributed by atoms with Crippen LogP contribution in [0.1, 0.15) is 47.2 Å². The maximum atomic E-state index is 10.3. The van der Waals surface area contributed by atoms with Crippen LogP contribution in [0.3, 0.4) is 0 Å². The molecular weight excluding hydrogens is 444 g/mol. The van der Waals surface area contributed by atoms with Crippen molar-refractivity contribution in [2.45, 2.75) is 47.0 Å².